The number of hydrogen-bond acceptors (Lipinski definition) is 4. The number of nitrogens with two attached hydrogens (primary N) is 1. The van der Waals surface area contributed by atoms with Gasteiger partial charge in [-0.25, -0.2) is 9.59 Å². The molecule has 3 N–H and O–H groups in total. The number of rotatable bonds is 4. The Morgan fingerprint density at radius 2 is 1.85 bits per heavy atom. The highest BCUT2D eigenvalue weighted by molar-refractivity contribution is 5.80. The zero-order valence-corrected chi connectivity index (χ0v) is 15.5. The number of carboxylic acids is 1. The number of fused-ring (bicyclic) bond motifs is 1. The summed E-state index contributed by atoms with van der Waals surface area (Å²) in [5.41, 5.74) is 6.96. The highest BCUT2D eigenvalue weighted by Gasteiger charge is 2.13. The molecule has 2 amide bonds. The maximum atomic E-state index is 10.5. The van der Waals surface area contributed by atoms with E-state index in [-0.39, 0.29) is 12.8 Å². The lowest BCUT2D eigenvalue weighted by molar-refractivity contribution is -0.131. The molecular formula is C20H26N2O5. The summed E-state index contributed by atoms with van der Waals surface area (Å²) in [6.45, 7) is 3.94. The quantitative estimate of drug-likeness (QED) is 0.621. The van der Waals surface area contributed by atoms with Gasteiger partial charge < -0.3 is 25.2 Å². The molecule has 1 aromatic carbocycles. The molecular weight excluding hydrogens is 348 g/mol. The van der Waals surface area contributed by atoms with E-state index in [4.69, 9.17) is 20.3 Å². The molecule has 7 nitrogen and oxygen atoms in total. The molecule has 2 aliphatic rings. The van der Waals surface area contributed by atoms with Gasteiger partial charge in [-0.3, -0.25) is 0 Å². The number of carboxylic acid groups (broad SMARTS) is 1. The molecule has 1 fully saturated rings. The molecule has 0 aromatic heterocycles. The van der Waals surface area contributed by atoms with Crippen LogP contribution in [-0.4, -0.2) is 41.9 Å². The number of urea groups is 1. The summed E-state index contributed by atoms with van der Waals surface area (Å²) in [6, 6.07) is 5.38. The second-order valence-corrected chi connectivity index (χ2v) is 6.24. The number of amides is 2. The van der Waals surface area contributed by atoms with Crippen LogP contribution in [0.3, 0.4) is 0 Å². The zero-order valence-electron chi connectivity index (χ0n) is 15.5. The van der Waals surface area contributed by atoms with E-state index in [0.29, 0.717) is 0 Å². The number of carbonyl (C=O) groups excluding carboxylic acids is 1. The molecule has 0 saturated carbocycles. The van der Waals surface area contributed by atoms with Crippen molar-refractivity contribution in [2.24, 2.45) is 5.73 Å². The van der Waals surface area contributed by atoms with E-state index in [1.807, 2.05) is 31.2 Å². The molecule has 2 aliphatic heterocycles. The van der Waals surface area contributed by atoms with Gasteiger partial charge in [-0.2, -0.15) is 0 Å². The number of piperidine rings is 1. The molecule has 1 saturated heterocycles. The third kappa shape index (κ3) is 6.69. The summed E-state index contributed by atoms with van der Waals surface area (Å²) < 4.78 is 10.5. The Morgan fingerprint density at radius 3 is 2.44 bits per heavy atom. The largest absolute Gasteiger partial charge is 0.478 e. The maximum absolute atomic E-state index is 10.5. The van der Waals surface area contributed by atoms with Gasteiger partial charge in [0.2, 0.25) is 6.79 Å². The van der Waals surface area contributed by atoms with Crippen molar-refractivity contribution in [1.29, 1.82) is 0 Å². The molecule has 0 aliphatic carbocycles. The molecule has 0 spiro atoms. The number of hydrogen-bond donors (Lipinski definition) is 2. The Morgan fingerprint density at radius 1 is 1.15 bits per heavy atom. The van der Waals surface area contributed by atoms with Crippen molar-refractivity contribution in [2.45, 2.75) is 32.6 Å². The van der Waals surface area contributed by atoms with E-state index in [2.05, 4.69) is 0 Å². The summed E-state index contributed by atoms with van der Waals surface area (Å²) in [5.74, 6) is 0.521. The number of likely N-dealkylation sites (tertiary alicyclic amines) is 1. The van der Waals surface area contributed by atoms with Crippen LogP contribution in [-0.2, 0) is 4.79 Å². The fourth-order valence-corrected chi connectivity index (χ4v) is 2.78. The molecule has 27 heavy (non-hydrogen) atoms. The summed E-state index contributed by atoms with van der Waals surface area (Å²) in [4.78, 5) is 22.7. The molecule has 146 valence electrons. The number of allylic oxidation sites excluding steroid dienone is 2. The van der Waals surface area contributed by atoms with Crippen molar-refractivity contribution in [3.8, 4) is 11.5 Å². The SMILES string of the molecule is CCC(=C/c1ccc2c(c1)OCO2)/C=C/C(=O)O.NC(=O)N1CCCCC1. The van der Waals surface area contributed by atoms with E-state index in [1.165, 1.54) is 6.42 Å². The van der Waals surface area contributed by atoms with Gasteiger partial charge in [0.1, 0.15) is 0 Å². The molecule has 2 heterocycles. The third-order valence-corrected chi connectivity index (χ3v) is 4.26. The Kier molecular flexibility index (Phi) is 7.73. The fourth-order valence-electron chi connectivity index (χ4n) is 2.78. The van der Waals surface area contributed by atoms with Crippen molar-refractivity contribution in [3.05, 3.63) is 41.5 Å². The number of benzene rings is 1. The Bertz CT molecular complexity index is 721. The van der Waals surface area contributed by atoms with Gasteiger partial charge in [0.15, 0.2) is 11.5 Å². The average Bonchev–Trinajstić information content (AvgIpc) is 3.14. The van der Waals surface area contributed by atoms with Crippen LogP contribution in [0, 0.1) is 0 Å². The monoisotopic (exact) mass is 374 g/mol. The Labute approximate surface area is 159 Å². The first kappa shape index (κ1) is 20.4. The van der Waals surface area contributed by atoms with Crippen molar-refractivity contribution in [3.63, 3.8) is 0 Å². The standard InChI is InChI=1S/C14H14O4.C6H12N2O/c1-2-10(4-6-14(15)16)7-11-3-5-12-13(8-11)18-9-17-12;7-6(9)8-4-2-1-3-5-8/h3-8H,2,9H2,1H3,(H,15,16);1-5H2,(H2,7,9)/b6-4+,10-7-;. The minimum absolute atomic E-state index is 0.252. The van der Waals surface area contributed by atoms with Gasteiger partial charge >= 0.3 is 12.0 Å². The van der Waals surface area contributed by atoms with E-state index in [0.717, 1.165) is 61.1 Å². The van der Waals surface area contributed by atoms with Crippen molar-refractivity contribution in [2.75, 3.05) is 19.9 Å². The number of aliphatic carboxylic acids is 1. The Hall–Kier alpha value is -2.96. The lowest BCUT2D eigenvalue weighted by Crippen LogP contribution is -2.39. The minimum Gasteiger partial charge on any atom is -0.478 e. The lowest BCUT2D eigenvalue weighted by atomic mass is 10.1. The fraction of sp³-hybridized carbons (Fsp3) is 0.400. The molecule has 7 heteroatoms. The average molecular weight is 374 g/mol. The van der Waals surface area contributed by atoms with Crippen LogP contribution in [0.25, 0.3) is 6.08 Å². The lowest BCUT2D eigenvalue weighted by Gasteiger charge is -2.24. The van der Waals surface area contributed by atoms with E-state index in [9.17, 15) is 9.59 Å². The van der Waals surface area contributed by atoms with Crippen LogP contribution in [0.2, 0.25) is 0 Å². The third-order valence-electron chi connectivity index (χ3n) is 4.26. The topological polar surface area (TPSA) is 102 Å². The molecule has 0 bridgehead atoms. The van der Waals surface area contributed by atoms with E-state index in [1.54, 1.807) is 11.0 Å². The first-order valence-corrected chi connectivity index (χ1v) is 9.05. The summed E-state index contributed by atoms with van der Waals surface area (Å²) in [6.07, 6.45) is 8.91. The van der Waals surface area contributed by atoms with Gasteiger partial charge in [0.25, 0.3) is 0 Å². The minimum atomic E-state index is -0.944. The first-order chi connectivity index (χ1) is 13.0. The van der Waals surface area contributed by atoms with Gasteiger partial charge in [0, 0.05) is 19.2 Å². The number of carbonyl (C=O) groups is 2. The highest BCUT2D eigenvalue weighted by atomic mass is 16.7. The molecule has 3 rings (SSSR count). The molecule has 0 atom stereocenters. The van der Waals surface area contributed by atoms with Crippen LogP contribution >= 0.6 is 0 Å². The van der Waals surface area contributed by atoms with Crippen molar-refractivity contribution < 1.29 is 24.2 Å². The van der Waals surface area contributed by atoms with Crippen LogP contribution in [0.4, 0.5) is 4.79 Å². The summed E-state index contributed by atoms with van der Waals surface area (Å²) >= 11 is 0. The van der Waals surface area contributed by atoms with Gasteiger partial charge in [0.05, 0.1) is 0 Å². The van der Waals surface area contributed by atoms with Crippen LogP contribution in [0.5, 0.6) is 11.5 Å². The van der Waals surface area contributed by atoms with Crippen molar-refractivity contribution in [1.82, 2.24) is 4.90 Å². The first-order valence-electron chi connectivity index (χ1n) is 9.05. The van der Waals surface area contributed by atoms with Crippen LogP contribution in [0.1, 0.15) is 38.2 Å². The predicted molar refractivity (Wildman–Crippen MR) is 103 cm³/mol. The number of primary amides is 1. The second-order valence-electron chi connectivity index (χ2n) is 6.24. The zero-order chi connectivity index (χ0) is 19.6. The normalized spacial score (nSPS) is 16.0. The second kappa shape index (κ2) is 10.3. The molecule has 0 unspecified atom stereocenters. The van der Waals surface area contributed by atoms with Gasteiger partial charge in [-0.05, 0) is 49.0 Å². The number of ether oxygens (including phenoxy) is 2. The summed E-state index contributed by atoms with van der Waals surface area (Å²) in [7, 11) is 0. The van der Waals surface area contributed by atoms with E-state index < -0.39 is 5.97 Å². The maximum Gasteiger partial charge on any atom is 0.328 e. The van der Waals surface area contributed by atoms with Gasteiger partial charge in [-0.15, -0.1) is 0 Å². The molecule has 0 radical (unpaired) electrons. The summed E-state index contributed by atoms with van der Waals surface area (Å²) in [5, 5.41) is 8.60. The Balaban J connectivity index is 0.000000244. The smallest absolute Gasteiger partial charge is 0.328 e. The van der Waals surface area contributed by atoms with Gasteiger partial charge in [-0.1, -0.05) is 25.1 Å². The highest BCUT2D eigenvalue weighted by Crippen LogP contribution is 2.33. The van der Waals surface area contributed by atoms with Crippen molar-refractivity contribution >= 4 is 18.1 Å². The van der Waals surface area contributed by atoms with Crippen LogP contribution < -0.4 is 15.2 Å². The van der Waals surface area contributed by atoms with E-state index >= 15 is 0 Å². The molecule has 1 aromatic rings. The van der Waals surface area contributed by atoms with Crippen LogP contribution in [0.15, 0.2) is 35.9 Å². The predicted octanol–water partition coefficient (Wildman–Crippen LogP) is 3.40. The number of nitrogens with zero attached hydrogens (tertiary/aromatic N) is 1.